The number of nitrogens with zero attached hydrogens (tertiary/aromatic N) is 3. The minimum absolute atomic E-state index is 0.0990. The second-order valence-electron chi connectivity index (χ2n) is 8.02. The Labute approximate surface area is 191 Å². The highest BCUT2D eigenvalue weighted by molar-refractivity contribution is 7.98. The molecule has 8 nitrogen and oxygen atoms in total. The van der Waals surface area contributed by atoms with Gasteiger partial charge < -0.3 is 9.64 Å². The Bertz CT molecular complexity index is 978. The number of urea groups is 1. The lowest BCUT2D eigenvalue weighted by Gasteiger charge is -2.26. The van der Waals surface area contributed by atoms with Crippen LogP contribution in [0, 0.1) is 0 Å². The molecule has 0 spiro atoms. The van der Waals surface area contributed by atoms with Gasteiger partial charge >= 0.3 is 6.03 Å². The van der Waals surface area contributed by atoms with E-state index >= 15 is 0 Å². The van der Waals surface area contributed by atoms with Crippen molar-refractivity contribution in [1.82, 2.24) is 14.9 Å². The van der Waals surface area contributed by atoms with Crippen molar-refractivity contribution in [3.63, 3.8) is 0 Å². The van der Waals surface area contributed by atoms with Crippen molar-refractivity contribution < 1.29 is 24.3 Å². The zero-order valence-corrected chi connectivity index (χ0v) is 19.3. The van der Waals surface area contributed by atoms with E-state index in [1.54, 1.807) is 44.8 Å². The summed E-state index contributed by atoms with van der Waals surface area (Å²) in [7, 11) is 1.54. The van der Waals surface area contributed by atoms with Crippen LogP contribution in [0.4, 0.5) is 4.79 Å². The maximum absolute atomic E-state index is 12.6. The lowest BCUT2D eigenvalue weighted by molar-refractivity contribution is -0.165. The predicted molar refractivity (Wildman–Crippen MR) is 122 cm³/mol. The molecule has 2 aromatic carbocycles. The fourth-order valence-corrected chi connectivity index (χ4v) is 3.78. The summed E-state index contributed by atoms with van der Waals surface area (Å²) in [6.07, 6.45) is 2.26. The van der Waals surface area contributed by atoms with Gasteiger partial charge in [-0.15, -0.1) is 11.8 Å². The number of ether oxygens (including phenoxy) is 1. The molecule has 1 saturated heterocycles. The Morgan fingerprint density at radius 1 is 1.09 bits per heavy atom. The van der Waals surface area contributed by atoms with Crippen LogP contribution in [0.15, 0.2) is 53.4 Å². The molecular weight excluding hydrogens is 430 g/mol. The van der Waals surface area contributed by atoms with Gasteiger partial charge in [-0.1, -0.05) is 24.3 Å². The van der Waals surface area contributed by atoms with Crippen LogP contribution >= 0.6 is 11.8 Å². The van der Waals surface area contributed by atoms with Crippen LogP contribution in [-0.4, -0.2) is 76.5 Å². The maximum Gasteiger partial charge on any atom is 0.327 e. The van der Waals surface area contributed by atoms with E-state index in [1.807, 2.05) is 30.5 Å². The van der Waals surface area contributed by atoms with Gasteiger partial charge in [-0.05, 0) is 55.5 Å². The third kappa shape index (κ3) is 4.73. The van der Waals surface area contributed by atoms with Gasteiger partial charge in [-0.2, -0.15) is 0 Å². The van der Waals surface area contributed by atoms with Crippen molar-refractivity contribution in [2.75, 3.05) is 26.5 Å². The smallest absolute Gasteiger partial charge is 0.327 e. The summed E-state index contributed by atoms with van der Waals surface area (Å²) < 4.78 is 5.75. The summed E-state index contributed by atoms with van der Waals surface area (Å²) in [4.78, 5) is 39.8. The van der Waals surface area contributed by atoms with E-state index < -0.39 is 23.5 Å². The number of amides is 4. The summed E-state index contributed by atoms with van der Waals surface area (Å²) in [5.74, 6) is 0.140. The number of hydroxylamine groups is 2. The Morgan fingerprint density at radius 2 is 1.66 bits per heavy atom. The Morgan fingerprint density at radius 3 is 2.12 bits per heavy atom. The number of carbonyl (C=O) groups excluding carboxylic acids is 3. The van der Waals surface area contributed by atoms with E-state index in [1.165, 1.54) is 9.80 Å². The molecule has 1 heterocycles. The van der Waals surface area contributed by atoms with Gasteiger partial charge in [0.15, 0.2) is 0 Å². The minimum atomic E-state index is -0.992. The molecule has 0 radical (unpaired) electrons. The van der Waals surface area contributed by atoms with E-state index in [-0.39, 0.29) is 19.6 Å². The molecule has 1 atom stereocenters. The molecule has 0 aromatic heterocycles. The van der Waals surface area contributed by atoms with Crippen molar-refractivity contribution in [2.45, 2.75) is 30.3 Å². The highest BCUT2D eigenvalue weighted by atomic mass is 32.2. The minimum Gasteiger partial charge on any atom is -0.491 e. The van der Waals surface area contributed by atoms with Crippen LogP contribution in [0.1, 0.15) is 13.8 Å². The van der Waals surface area contributed by atoms with E-state index in [9.17, 15) is 19.6 Å². The monoisotopic (exact) mass is 457 g/mol. The van der Waals surface area contributed by atoms with Crippen LogP contribution in [0.3, 0.4) is 0 Å². The molecule has 1 N–H and O–H groups in total. The number of imide groups is 1. The number of hydrogen-bond acceptors (Lipinski definition) is 6. The quantitative estimate of drug-likeness (QED) is 0.204. The molecule has 3 rings (SSSR count). The summed E-state index contributed by atoms with van der Waals surface area (Å²) in [5.41, 5.74) is 1.11. The van der Waals surface area contributed by atoms with Crippen LogP contribution in [0.5, 0.6) is 5.75 Å². The van der Waals surface area contributed by atoms with E-state index in [4.69, 9.17) is 4.74 Å². The molecule has 0 bridgehead atoms. The first-order chi connectivity index (χ1) is 15.2. The molecule has 1 fully saturated rings. The molecule has 2 aromatic rings. The number of carbonyl (C=O) groups is 3. The van der Waals surface area contributed by atoms with Crippen molar-refractivity contribution in [3.05, 3.63) is 48.5 Å². The molecule has 1 aliphatic heterocycles. The largest absolute Gasteiger partial charge is 0.491 e. The van der Waals surface area contributed by atoms with Crippen LogP contribution in [0.2, 0.25) is 0 Å². The third-order valence-electron chi connectivity index (χ3n) is 5.72. The van der Waals surface area contributed by atoms with Gasteiger partial charge in [0.1, 0.15) is 23.9 Å². The molecule has 9 heteroatoms. The number of benzene rings is 2. The van der Waals surface area contributed by atoms with Crippen molar-refractivity contribution >= 4 is 30.1 Å². The standard InChI is InChI=1S/C23H27N3O5S/c1-23(2)21(28)25(22(29)24(23)3)13-18(26(30)15-27)14-31-19-9-5-16(6-10-19)17-7-11-20(32-4)12-8-17/h5-12,15,18,30H,13-14H2,1-4H3/t18-/m1/s1. The summed E-state index contributed by atoms with van der Waals surface area (Å²) in [6, 6.07) is 14.2. The van der Waals surface area contributed by atoms with Crippen molar-refractivity contribution in [2.24, 2.45) is 0 Å². The summed E-state index contributed by atoms with van der Waals surface area (Å²) in [5, 5.41) is 10.4. The Kier molecular flexibility index (Phi) is 7.10. The number of thioether (sulfide) groups is 1. The zero-order chi connectivity index (χ0) is 23.5. The van der Waals surface area contributed by atoms with Crippen LogP contribution in [0.25, 0.3) is 11.1 Å². The highest BCUT2D eigenvalue weighted by Crippen LogP contribution is 2.27. The van der Waals surface area contributed by atoms with Crippen molar-refractivity contribution in [1.29, 1.82) is 0 Å². The maximum atomic E-state index is 12.6. The fourth-order valence-electron chi connectivity index (χ4n) is 3.37. The summed E-state index contributed by atoms with van der Waals surface area (Å²) >= 11 is 1.68. The van der Waals surface area contributed by atoms with E-state index in [2.05, 4.69) is 12.1 Å². The average molecular weight is 458 g/mol. The fraction of sp³-hybridized carbons (Fsp3) is 0.348. The van der Waals surface area contributed by atoms with E-state index in [0.717, 1.165) is 16.0 Å². The molecule has 0 unspecified atom stereocenters. The van der Waals surface area contributed by atoms with Gasteiger partial charge in [0.25, 0.3) is 5.91 Å². The molecule has 0 saturated carbocycles. The van der Waals surface area contributed by atoms with Crippen LogP contribution < -0.4 is 4.74 Å². The van der Waals surface area contributed by atoms with Gasteiger partial charge in [0.2, 0.25) is 6.41 Å². The molecular formula is C23H27N3O5S. The molecule has 32 heavy (non-hydrogen) atoms. The average Bonchev–Trinajstić information content (AvgIpc) is 2.96. The molecule has 170 valence electrons. The molecule has 1 aliphatic rings. The first-order valence-corrected chi connectivity index (χ1v) is 11.3. The van der Waals surface area contributed by atoms with Gasteiger partial charge in [-0.3, -0.25) is 19.7 Å². The third-order valence-corrected chi connectivity index (χ3v) is 6.46. The zero-order valence-electron chi connectivity index (χ0n) is 18.5. The first kappa shape index (κ1) is 23.6. The van der Waals surface area contributed by atoms with Crippen LogP contribution in [-0.2, 0) is 9.59 Å². The lowest BCUT2D eigenvalue weighted by atomic mass is 10.1. The van der Waals surface area contributed by atoms with Gasteiger partial charge in [0.05, 0.1) is 6.54 Å². The normalized spacial score (nSPS) is 16.3. The summed E-state index contributed by atoms with van der Waals surface area (Å²) in [6.45, 7) is 3.01. The molecule has 0 aliphatic carbocycles. The Hall–Kier alpha value is -3.04. The Balaban J connectivity index is 1.67. The second-order valence-corrected chi connectivity index (χ2v) is 8.90. The lowest BCUT2D eigenvalue weighted by Crippen LogP contribution is -2.48. The number of likely N-dealkylation sites (N-methyl/N-ethyl adjacent to an activating group) is 1. The number of hydrogen-bond donors (Lipinski definition) is 1. The molecule has 4 amide bonds. The van der Waals surface area contributed by atoms with Gasteiger partial charge in [0, 0.05) is 11.9 Å². The topological polar surface area (TPSA) is 90.4 Å². The van der Waals surface area contributed by atoms with Gasteiger partial charge in [-0.25, -0.2) is 9.86 Å². The number of rotatable bonds is 9. The highest BCUT2D eigenvalue weighted by Gasteiger charge is 2.50. The van der Waals surface area contributed by atoms with E-state index in [0.29, 0.717) is 10.8 Å². The van der Waals surface area contributed by atoms with Crippen molar-refractivity contribution in [3.8, 4) is 16.9 Å². The first-order valence-electron chi connectivity index (χ1n) is 10.1. The second kappa shape index (κ2) is 9.62. The predicted octanol–water partition coefficient (Wildman–Crippen LogP) is 3.34. The SMILES string of the molecule is CSc1ccc(-c2ccc(OC[C@@H](CN3C(=O)N(C)C(C)(C)C3=O)N(O)C=O)cc2)cc1.